The normalized spacial score (nSPS) is 11.7. The molecule has 0 saturated carbocycles. The van der Waals surface area contributed by atoms with E-state index in [1.54, 1.807) is 25.2 Å². The lowest BCUT2D eigenvalue weighted by Crippen LogP contribution is -2.29. The lowest BCUT2D eigenvalue weighted by atomic mass is 10.2. The molecule has 0 aliphatic carbocycles. The minimum Gasteiger partial charge on any atom is -0.408 e. The van der Waals surface area contributed by atoms with Crippen molar-refractivity contribution in [2.75, 3.05) is 0 Å². The van der Waals surface area contributed by atoms with E-state index in [9.17, 15) is 27.6 Å². The van der Waals surface area contributed by atoms with Gasteiger partial charge in [-0.15, -0.1) is 0 Å². The number of amides is 2. The fraction of sp³-hybridized carbons (Fsp3) is 0.200. The van der Waals surface area contributed by atoms with Crippen LogP contribution < -0.4 is 16.4 Å². The summed E-state index contributed by atoms with van der Waals surface area (Å²) in [5.41, 5.74) is 0.473. The maximum absolute atomic E-state index is 14.4. The van der Waals surface area contributed by atoms with Crippen LogP contribution in [0.5, 0.6) is 0 Å². The third-order valence-corrected chi connectivity index (χ3v) is 5.89. The van der Waals surface area contributed by atoms with Crippen molar-refractivity contribution in [1.82, 2.24) is 34.8 Å². The van der Waals surface area contributed by atoms with Crippen LogP contribution in [-0.2, 0) is 26.1 Å². The lowest BCUT2D eigenvalue weighted by molar-refractivity contribution is 0.0125. The summed E-state index contributed by atoms with van der Waals surface area (Å²) in [7, 11) is 1.55. The van der Waals surface area contributed by atoms with Crippen LogP contribution in [0.3, 0.4) is 0 Å². The summed E-state index contributed by atoms with van der Waals surface area (Å²) in [6.45, 7) is 0.535. The molecule has 14 heteroatoms. The second kappa shape index (κ2) is 9.70. The van der Waals surface area contributed by atoms with Crippen LogP contribution in [0, 0.1) is 5.82 Å². The summed E-state index contributed by atoms with van der Waals surface area (Å²) >= 11 is 0. The van der Waals surface area contributed by atoms with Gasteiger partial charge in [-0.1, -0.05) is 12.1 Å². The summed E-state index contributed by atoms with van der Waals surface area (Å²) in [5, 5.41) is 8.97. The van der Waals surface area contributed by atoms with Crippen molar-refractivity contribution in [1.29, 1.82) is 0 Å². The van der Waals surface area contributed by atoms with Crippen molar-refractivity contribution < 1.29 is 27.2 Å². The number of halogens is 3. The SMILES string of the molecule is Cn1c(=O)oc2ccc(CNC(=O)c3cc(C(=O)NCc4cccc(C(C)(F)F)n4)n4ncc(F)c4n3)cc21. The zero-order valence-electron chi connectivity index (χ0n) is 20.5. The number of fused-ring (bicyclic) bond motifs is 2. The largest absolute Gasteiger partial charge is 0.419 e. The number of hydrogen-bond donors (Lipinski definition) is 2. The molecule has 4 aromatic heterocycles. The molecule has 39 heavy (non-hydrogen) atoms. The first kappa shape index (κ1) is 25.6. The molecule has 0 radical (unpaired) electrons. The van der Waals surface area contributed by atoms with Crippen LogP contribution >= 0.6 is 0 Å². The predicted octanol–water partition coefficient (Wildman–Crippen LogP) is 2.68. The quantitative estimate of drug-likeness (QED) is 0.325. The van der Waals surface area contributed by atoms with Crippen molar-refractivity contribution in [3.05, 3.63) is 93.4 Å². The number of oxazole rings is 1. The number of benzene rings is 1. The Kier molecular flexibility index (Phi) is 6.38. The number of hydrogen-bond acceptors (Lipinski definition) is 7. The van der Waals surface area contributed by atoms with Crippen LogP contribution in [0.1, 0.15) is 44.9 Å². The fourth-order valence-electron chi connectivity index (χ4n) is 3.85. The maximum atomic E-state index is 14.4. The molecule has 2 amide bonds. The number of nitrogens with zero attached hydrogens (tertiary/aromatic N) is 5. The number of aryl methyl sites for hydroxylation is 1. The number of alkyl halides is 2. The van der Waals surface area contributed by atoms with E-state index in [1.165, 1.54) is 22.8 Å². The number of aromatic nitrogens is 5. The van der Waals surface area contributed by atoms with Crippen molar-refractivity contribution in [3.63, 3.8) is 0 Å². The van der Waals surface area contributed by atoms with Gasteiger partial charge < -0.3 is 15.1 Å². The zero-order valence-corrected chi connectivity index (χ0v) is 20.5. The second-order valence-electron chi connectivity index (χ2n) is 8.75. The lowest BCUT2D eigenvalue weighted by Gasteiger charge is -2.12. The Bertz CT molecular complexity index is 1800. The van der Waals surface area contributed by atoms with Gasteiger partial charge in [0.15, 0.2) is 17.0 Å². The minimum atomic E-state index is -3.16. The second-order valence-corrected chi connectivity index (χ2v) is 8.75. The van der Waals surface area contributed by atoms with E-state index < -0.39 is 35.0 Å². The number of nitrogens with one attached hydrogen (secondary N) is 2. The Hall–Kier alpha value is -5.01. The highest BCUT2D eigenvalue weighted by Gasteiger charge is 2.26. The first-order chi connectivity index (χ1) is 18.5. The van der Waals surface area contributed by atoms with E-state index in [0.717, 1.165) is 16.8 Å². The van der Waals surface area contributed by atoms with Crippen molar-refractivity contribution in [2.45, 2.75) is 25.9 Å². The first-order valence-electron chi connectivity index (χ1n) is 11.5. The van der Waals surface area contributed by atoms with E-state index in [-0.39, 0.29) is 35.8 Å². The monoisotopic (exact) mass is 539 g/mol. The average molecular weight is 539 g/mol. The standard InChI is InChI=1S/C25H20F3N7O4/c1-25(27,28)20-5-3-4-14(32-20)11-30-23(37)18-9-16(33-21-15(26)12-31-35(18)21)22(36)29-10-13-6-7-19-17(8-13)34(2)24(38)39-19/h3-9,12H,10-11H2,1-2H3,(H,29,36)(H,30,37). The number of rotatable bonds is 7. The summed E-state index contributed by atoms with van der Waals surface area (Å²) in [6.07, 6.45) is 0.847. The maximum Gasteiger partial charge on any atom is 0.419 e. The summed E-state index contributed by atoms with van der Waals surface area (Å²) in [5.74, 6) is -6.00. The molecule has 1 aromatic carbocycles. The highest BCUT2D eigenvalue weighted by atomic mass is 19.3. The van der Waals surface area contributed by atoms with Crippen molar-refractivity contribution in [2.24, 2.45) is 7.05 Å². The summed E-state index contributed by atoms with van der Waals surface area (Å²) < 4.78 is 48.9. The molecular formula is C25H20F3N7O4. The molecule has 5 aromatic rings. The third-order valence-electron chi connectivity index (χ3n) is 5.89. The highest BCUT2D eigenvalue weighted by Crippen LogP contribution is 2.25. The topological polar surface area (TPSA) is 136 Å². The molecule has 0 unspecified atom stereocenters. The Morgan fingerprint density at radius 3 is 2.59 bits per heavy atom. The molecule has 0 fully saturated rings. The van der Waals surface area contributed by atoms with E-state index in [4.69, 9.17) is 4.42 Å². The van der Waals surface area contributed by atoms with E-state index in [0.29, 0.717) is 23.6 Å². The van der Waals surface area contributed by atoms with Gasteiger partial charge in [0, 0.05) is 26.6 Å². The molecular weight excluding hydrogens is 519 g/mol. The third kappa shape index (κ3) is 5.08. The smallest absolute Gasteiger partial charge is 0.408 e. The number of carbonyl (C=O) groups excluding carboxylic acids is 2. The van der Waals surface area contributed by atoms with Gasteiger partial charge in [-0.3, -0.25) is 14.2 Å². The summed E-state index contributed by atoms with van der Waals surface area (Å²) in [4.78, 5) is 45.4. The van der Waals surface area contributed by atoms with Gasteiger partial charge in [-0.25, -0.2) is 23.7 Å². The molecule has 0 aliphatic rings. The van der Waals surface area contributed by atoms with Crippen LogP contribution in [0.2, 0.25) is 0 Å². The van der Waals surface area contributed by atoms with Gasteiger partial charge in [0.2, 0.25) is 0 Å². The molecule has 5 rings (SSSR count). The Morgan fingerprint density at radius 1 is 1.05 bits per heavy atom. The van der Waals surface area contributed by atoms with E-state index in [1.807, 2.05) is 0 Å². The van der Waals surface area contributed by atoms with Gasteiger partial charge in [0.1, 0.15) is 17.1 Å². The molecule has 2 N–H and O–H groups in total. The molecule has 0 bridgehead atoms. The van der Waals surface area contributed by atoms with Gasteiger partial charge in [0.25, 0.3) is 17.7 Å². The number of carbonyl (C=O) groups is 2. The average Bonchev–Trinajstić information content (AvgIpc) is 3.43. The molecule has 0 aliphatic heterocycles. The highest BCUT2D eigenvalue weighted by molar-refractivity contribution is 5.98. The summed E-state index contributed by atoms with van der Waals surface area (Å²) in [6, 6.07) is 10.1. The molecule has 0 atom stereocenters. The Labute approximate surface area is 217 Å². The van der Waals surface area contributed by atoms with Gasteiger partial charge >= 0.3 is 5.76 Å². The molecule has 11 nitrogen and oxygen atoms in total. The minimum absolute atomic E-state index is 0.0361. The van der Waals surface area contributed by atoms with Crippen LogP contribution in [0.4, 0.5) is 13.2 Å². The first-order valence-corrected chi connectivity index (χ1v) is 11.5. The van der Waals surface area contributed by atoms with Gasteiger partial charge in [0.05, 0.1) is 24.0 Å². The van der Waals surface area contributed by atoms with Crippen molar-refractivity contribution in [3.8, 4) is 0 Å². The van der Waals surface area contributed by atoms with Crippen LogP contribution in [-0.4, -0.2) is 36.0 Å². The Morgan fingerprint density at radius 2 is 1.82 bits per heavy atom. The molecule has 200 valence electrons. The fourth-order valence-corrected chi connectivity index (χ4v) is 3.85. The van der Waals surface area contributed by atoms with Gasteiger partial charge in [-0.05, 0) is 29.8 Å². The molecule has 0 spiro atoms. The van der Waals surface area contributed by atoms with Crippen molar-refractivity contribution >= 4 is 28.6 Å². The van der Waals surface area contributed by atoms with E-state index in [2.05, 4.69) is 25.7 Å². The zero-order chi connectivity index (χ0) is 27.9. The molecule has 0 saturated heterocycles. The van der Waals surface area contributed by atoms with Crippen LogP contribution in [0.15, 0.2) is 57.9 Å². The Balaban J connectivity index is 1.36. The predicted molar refractivity (Wildman–Crippen MR) is 131 cm³/mol. The van der Waals surface area contributed by atoms with Crippen LogP contribution in [0.25, 0.3) is 16.7 Å². The number of pyridine rings is 1. The molecule has 4 heterocycles. The van der Waals surface area contributed by atoms with E-state index >= 15 is 0 Å². The van der Waals surface area contributed by atoms with Gasteiger partial charge in [-0.2, -0.15) is 13.9 Å².